The molecule has 4 nitrogen and oxygen atoms in total. The second-order valence-corrected chi connectivity index (χ2v) is 9.79. The van der Waals surface area contributed by atoms with Crippen molar-refractivity contribution in [2.24, 2.45) is 5.92 Å². The van der Waals surface area contributed by atoms with E-state index in [9.17, 15) is 4.79 Å². The van der Waals surface area contributed by atoms with E-state index in [-0.39, 0.29) is 17.6 Å². The van der Waals surface area contributed by atoms with Crippen LogP contribution in [-0.4, -0.2) is 29.5 Å². The Bertz CT molecular complexity index is 896. The van der Waals surface area contributed by atoms with Crippen molar-refractivity contribution in [1.82, 2.24) is 10.2 Å². The first-order chi connectivity index (χ1) is 14.3. The first kappa shape index (κ1) is 20.9. The van der Waals surface area contributed by atoms with E-state index in [2.05, 4.69) is 68.2 Å². The van der Waals surface area contributed by atoms with Crippen molar-refractivity contribution in [1.29, 1.82) is 0 Å². The first-order valence-electron chi connectivity index (χ1n) is 11.2. The highest BCUT2D eigenvalue weighted by Crippen LogP contribution is 2.40. The van der Waals surface area contributed by atoms with Gasteiger partial charge in [-0.2, -0.15) is 0 Å². The fourth-order valence-corrected chi connectivity index (χ4v) is 4.57. The van der Waals surface area contributed by atoms with Crippen LogP contribution >= 0.6 is 0 Å². The van der Waals surface area contributed by atoms with E-state index >= 15 is 0 Å². The zero-order valence-electron chi connectivity index (χ0n) is 18.7. The smallest absolute Gasteiger partial charge is 0.251 e. The van der Waals surface area contributed by atoms with E-state index in [0.717, 1.165) is 35.8 Å². The molecule has 2 aliphatic heterocycles. The monoisotopic (exact) mass is 406 g/mol. The number of ether oxygens (including phenoxy) is 1. The van der Waals surface area contributed by atoms with Crippen molar-refractivity contribution in [3.05, 3.63) is 64.7 Å². The third-order valence-corrected chi connectivity index (χ3v) is 6.43. The second-order valence-electron chi connectivity index (χ2n) is 9.79. The summed E-state index contributed by atoms with van der Waals surface area (Å²) in [5, 5.41) is 3.24. The quantitative estimate of drug-likeness (QED) is 0.753. The third kappa shape index (κ3) is 4.86. The van der Waals surface area contributed by atoms with Crippen molar-refractivity contribution in [3.63, 3.8) is 0 Å². The average molecular weight is 407 g/mol. The fraction of sp³-hybridized carbons (Fsp3) is 0.500. The molecule has 1 fully saturated rings. The molecule has 0 unspecified atom stereocenters. The second kappa shape index (κ2) is 8.43. The molecule has 30 heavy (non-hydrogen) atoms. The lowest BCUT2D eigenvalue weighted by Crippen LogP contribution is -2.41. The normalized spacial score (nSPS) is 21.5. The standard InChI is InChI=1S/C26H34N2O2/c1-18-11-13-28(14-12-18)17-20-6-8-21(9-7-20)25(29)27-23-16-26(3,4)30-24-15-19(2)5-10-22(23)24/h5-10,15,18,23H,11-14,16-17H2,1-4H3,(H,27,29)/t23-/m0/s1. The Kier molecular flexibility index (Phi) is 5.88. The molecule has 2 heterocycles. The lowest BCUT2D eigenvalue weighted by Gasteiger charge is -2.38. The molecule has 0 aromatic heterocycles. The number of benzene rings is 2. The summed E-state index contributed by atoms with van der Waals surface area (Å²) in [6, 6.07) is 14.3. The van der Waals surface area contributed by atoms with Gasteiger partial charge in [0.05, 0.1) is 6.04 Å². The van der Waals surface area contributed by atoms with Crippen molar-refractivity contribution < 1.29 is 9.53 Å². The Labute approximate surface area is 180 Å². The van der Waals surface area contributed by atoms with Crippen LogP contribution in [0.5, 0.6) is 5.75 Å². The maximum absolute atomic E-state index is 13.0. The van der Waals surface area contributed by atoms with Gasteiger partial charge in [0, 0.05) is 24.1 Å². The van der Waals surface area contributed by atoms with Crippen molar-refractivity contribution in [2.45, 2.75) is 65.1 Å². The van der Waals surface area contributed by atoms with E-state index in [0.29, 0.717) is 5.56 Å². The van der Waals surface area contributed by atoms with Gasteiger partial charge in [-0.3, -0.25) is 9.69 Å². The number of likely N-dealkylation sites (tertiary alicyclic amines) is 1. The number of hydrogen-bond donors (Lipinski definition) is 1. The Hall–Kier alpha value is -2.33. The van der Waals surface area contributed by atoms with Gasteiger partial charge in [0.2, 0.25) is 0 Å². The Balaban J connectivity index is 1.43. The number of amides is 1. The van der Waals surface area contributed by atoms with E-state index < -0.39 is 0 Å². The Morgan fingerprint density at radius 1 is 1.13 bits per heavy atom. The summed E-state index contributed by atoms with van der Waals surface area (Å²) >= 11 is 0. The van der Waals surface area contributed by atoms with E-state index in [1.807, 2.05) is 12.1 Å². The summed E-state index contributed by atoms with van der Waals surface area (Å²) in [5.41, 5.74) is 3.90. The van der Waals surface area contributed by atoms with Gasteiger partial charge in [-0.25, -0.2) is 0 Å². The number of nitrogens with zero attached hydrogens (tertiary/aromatic N) is 1. The third-order valence-electron chi connectivity index (χ3n) is 6.43. The summed E-state index contributed by atoms with van der Waals surface area (Å²) in [6.07, 6.45) is 3.31. The van der Waals surface area contributed by atoms with Crippen LogP contribution in [0.15, 0.2) is 42.5 Å². The van der Waals surface area contributed by atoms with Gasteiger partial charge in [0.1, 0.15) is 11.4 Å². The van der Waals surface area contributed by atoms with Crippen molar-refractivity contribution in [2.75, 3.05) is 13.1 Å². The van der Waals surface area contributed by atoms with Crippen LogP contribution in [0.25, 0.3) is 0 Å². The minimum Gasteiger partial charge on any atom is -0.487 e. The number of nitrogens with one attached hydrogen (secondary N) is 1. The van der Waals surface area contributed by atoms with Crippen LogP contribution in [0.3, 0.4) is 0 Å². The number of carbonyl (C=O) groups excluding carboxylic acids is 1. The van der Waals surface area contributed by atoms with Crippen LogP contribution in [0.1, 0.15) is 73.1 Å². The molecule has 2 aliphatic rings. The van der Waals surface area contributed by atoms with E-state index in [4.69, 9.17) is 4.74 Å². The fourth-order valence-electron chi connectivity index (χ4n) is 4.57. The number of hydrogen-bond acceptors (Lipinski definition) is 3. The highest BCUT2D eigenvalue weighted by molar-refractivity contribution is 5.94. The van der Waals surface area contributed by atoms with Crippen LogP contribution in [0.2, 0.25) is 0 Å². The van der Waals surface area contributed by atoms with Crippen LogP contribution in [0.4, 0.5) is 0 Å². The highest BCUT2D eigenvalue weighted by Gasteiger charge is 2.34. The molecule has 4 heteroatoms. The predicted molar refractivity (Wildman–Crippen MR) is 121 cm³/mol. The van der Waals surface area contributed by atoms with Gasteiger partial charge in [-0.05, 0) is 81.9 Å². The molecule has 2 aromatic carbocycles. The largest absolute Gasteiger partial charge is 0.487 e. The van der Waals surface area contributed by atoms with Gasteiger partial charge in [0.15, 0.2) is 0 Å². The molecular formula is C26H34N2O2. The summed E-state index contributed by atoms with van der Waals surface area (Å²) < 4.78 is 6.16. The van der Waals surface area contributed by atoms with Gasteiger partial charge < -0.3 is 10.1 Å². The average Bonchev–Trinajstić information content (AvgIpc) is 2.69. The minimum absolute atomic E-state index is 0.0254. The lowest BCUT2D eigenvalue weighted by atomic mass is 9.89. The highest BCUT2D eigenvalue weighted by atomic mass is 16.5. The summed E-state index contributed by atoms with van der Waals surface area (Å²) in [4.78, 5) is 15.5. The molecule has 0 saturated carbocycles. The molecule has 160 valence electrons. The van der Waals surface area contributed by atoms with Crippen molar-refractivity contribution in [3.8, 4) is 5.75 Å². The van der Waals surface area contributed by atoms with E-state index in [1.54, 1.807) is 0 Å². The number of fused-ring (bicyclic) bond motifs is 1. The zero-order chi connectivity index (χ0) is 21.3. The van der Waals surface area contributed by atoms with Crippen LogP contribution < -0.4 is 10.1 Å². The SMILES string of the molecule is Cc1ccc2c(c1)OC(C)(C)C[C@@H]2NC(=O)c1ccc(CN2CCC(C)CC2)cc1. The van der Waals surface area contributed by atoms with Gasteiger partial charge in [-0.1, -0.05) is 31.2 Å². The minimum atomic E-state index is -0.311. The maximum atomic E-state index is 13.0. The number of piperidine rings is 1. The zero-order valence-corrected chi connectivity index (χ0v) is 18.7. The molecule has 0 radical (unpaired) electrons. The first-order valence-corrected chi connectivity index (χ1v) is 11.2. The topological polar surface area (TPSA) is 41.6 Å². The Morgan fingerprint density at radius 3 is 2.53 bits per heavy atom. The molecular weight excluding hydrogens is 372 g/mol. The van der Waals surface area contributed by atoms with Gasteiger partial charge in [-0.15, -0.1) is 0 Å². The molecule has 0 aliphatic carbocycles. The van der Waals surface area contributed by atoms with Crippen LogP contribution in [-0.2, 0) is 6.54 Å². The molecule has 2 aromatic rings. The number of aryl methyl sites for hydroxylation is 1. The molecule has 0 spiro atoms. The molecule has 0 bridgehead atoms. The predicted octanol–water partition coefficient (Wildman–Crippen LogP) is 5.26. The van der Waals surface area contributed by atoms with Crippen molar-refractivity contribution >= 4 is 5.91 Å². The van der Waals surface area contributed by atoms with Gasteiger partial charge in [0.25, 0.3) is 5.91 Å². The molecule has 1 atom stereocenters. The number of carbonyl (C=O) groups is 1. The number of rotatable bonds is 4. The van der Waals surface area contributed by atoms with E-state index in [1.165, 1.54) is 31.5 Å². The molecule has 1 N–H and O–H groups in total. The summed E-state index contributed by atoms with van der Waals surface area (Å²) in [7, 11) is 0. The van der Waals surface area contributed by atoms with Crippen LogP contribution in [0, 0.1) is 12.8 Å². The molecule has 4 rings (SSSR count). The maximum Gasteiger partial charge on any atom is 0.251 e. The Morgan fingerprint density at radius 2 is 1.83 bits per heavy atom. The molecule has 1 amide bonds. The molecule has 1 saturated heterocycles. The lowest BCUT2D eigenvalue weighted by molar-refractivity contribution is 0.0619. The summed E-state index contributed by atoms with van der Waals surface area (Å²) in [5.74, 6) is 1.70. The van der Waals surface area contributed by atoms with Gasteiger partial charge >= 0.3 is 0 Å². The summed E-state index contributed by atoms with van der Waals surface area (Å²) in [6.45, 7) is 11.9.